The highest BCUT2D eigenvalue weighted by atomic mass is 35.5. The zero-order chi connectivity index (χ0) is 23.3. The molecule has 2 N–H and O–H groups in total. The molecule has 6 nitrogen and oxygen atoms in total. The molecular weight excluding hydrogens is 471 g/mol. The summed E-state index contributed by atoms with van der Waals surface area (Å²) >= 11 is 12.0. The average Bonchev–Trinajstić information content (AvgIpc) is 2.76. The van der Waals surface area contributed by atoms with Crippen molar-refractivity contribution in [1.29, 1.82) is 0 Å². The number of anilines is 2. The molecule has 9 heteroatoms. The first-order valence-corrected chi connectivity index (χ1v) is 12.0. The number of hydrogen-bond donors (Lipinski definition) is 2. The van der Waals surface area contributed by atoms with E-state index < -0.39 is 16.1 Å². The molecule has 0 aliphatic carbocycles. The van der Waals surface area contributed by atoms with Crippen molar-refractivity contribution in [3.63, 3.8) is 0 Å². The molecule has 0 aromatic heterocycles. The first-order chi connectivity index (χ1) is 15.2. The predicted octanol–water partition coefficient (Wildman–Crippen LogP) is 5.90. The van der Waals surface area contributed by atoms with E-state index in [1.807, 2.05) is 38.1 Å². The van der Waals surface area contributed by atoms with Gasteiger partial charge in [-0.25, -0.2) is 8.42 Å². The summed E-state index contributed by atoms with van der Waals surface area (Å²) in [6, 6.07) is 17.9. The van der Waals surface area contributed by atoms with Crippen LogP contribution in [0.1, 0.15) is 18.9 Å². The minimum atomic E-state index is -3.89. The number of halogens is 2. The van der Waals surface area contributed by atoms with Crippen molar-refractivity contribution < 1.29 is 17.9 Å². The van der Waals surface area contributed by atoms with Crippen LogP contribution in [0.2, 0.25) is 10.0 Å². The summed E-state index contributed by atoms with van der Waals surface area (Å²) in [6.45, 7) is 3.82. The van der Waals surface area contributed by atoms with Gasteiger partial charge in [0.2, 0.25) is 0 Å². The molecule has 0 fully saturated rings. The molecular formula is C23H22Cl2N2O4S. The first-order valence-electron chi connectivity index (χ1n) is 9.80. The molecule has 3 aromatic rings. The Kier molecular flexibility index (Phi) is 7.66. The molecule has 0 saturated heterocycles. The van der Waals surface area contributed by atoms with E-state index in [0.717, 1.165) is 5.56 Å². The van der Waals surface area contributed by atoms with Gasteiger partial charge in [-0.3, -0.25) is 9.52 Å². The van der Waals surface area contributed by atoms with E-state index >= 15 is 0 Å². The molecule has 1 amide bonds. The van der Waals surface area contributed by atoms with E-state index in [9.17, 15) is 13.2 Å². The zero-order valence-corrected chi connectivity index (χ0v) is 19.8. The summed E-state index contributed by atoms with van der Waals surface area (Å²) in [5.41, 5.74) is 1.72. The van der Waals surface area contributed by atoms with Crippen molar-refractivity contribution in [2.75, 3.05) is 10.0 Å². The quantitative estimate of drug-likeness (QED) is 0.409. The van der Waals surface area contributed by atoms with Gasteiger partial charge in [-0.2, -0.15) is 0 Å². The molecule has 32 heavy (non-hydrogen) atoms. The molecule has 0 heterocycles. The minimum Gasteiger partial charge on any atom is -0.481 e. The normalized spacial score (nSPS) is 12.1. The standard InChI is InChI=1S/C23H22Cl2N2O4S/c1-3-21(31-17-11-7-15(2)8-12-17)23(28)26-16-9-13-18(14-10-16)32(29,30)27-20-6-4-5-19(24)22(20)25/h4-14,21,27H,3H2,1-2H3,(H,26,28)/t21-/m1/s1. The summed E-state index contributed by atoms with van der Waals surface area (Å²) in [5, 5.41) is 3.10. The number of sulfonamides is 1. The van der Waals surface area contributed by atoms with Gasteiger partial charge in [0.1, 0.15) is 5.75 Å². The van der Waals surface area contributed by atoms with E-state index in [4.69, 9.17) is 27.9 Å². The predicted molar refractivity (Wildman–Crippen MR) is 128 cm³/mol. The second-order valence-corrected chi connectivity index (χ2v) is 9.52. The van der Waals surface area contributed by atoms with Crippen molar-refractivity contribution in [3.8, 4) is 5.75 Å². The van der Waals surface area contributed by atoms with Crippen LogP contribution in [0.3, 0.4) is 0 Å². The molecule has 168 valence electrons. The van der Waals surface area contributed by atoms with Gasteiger partial charge in [0.05, 0.1) is 20.6 Å². The van der Waals surface area contributed by atoms with E-state index in [1.165, 1.54) is 30.3 Å². The smallest absolute Gasteiger partial charge is 0.265 e. The molecule has 0 aliphatic rings. The third kappa shape index (κ3) is 5.94. The number of aryl methyl sites for hydroxylation is 1. The van der Waals surface area contributed by atoms with Crippen molar-refractivity contribution in [2.24, 2.45) is 0 Å². The fourth-order valence-electron chi connectivity index (χ4n) is 2.83. The van der Waals surface area contributed by atoms with Crippen molar-refractivity contribution in [1.82, 2.24) is 0 Å². The number of carbonyl (C=O) groups excluding carboxylic acids is 1. The molecule has 0 bridgehead atoms. The number of rotatable bonds is 8. The zero-order valence-electron chi connectivity index (χ0n) is 17.4. The Hall–Kier alpha value is -2.74. The maximum atomic E-state index is 12.7. The van der Waals surface area contributed by atoms with Crippen LogP contribution >= 0.6 is 23.2 Å². The Labute approximate surface area is 197 Å². The Morgan fingerprint density at radius 2 is 1.66 bits per heavy atom. The second kappa shape index (κ2) is 10.3. The second-order valence-electron chi connectivity index (χ2n) is 7.05. The Bertz CT molecular complexity index is 1200. The SMILES string of the molecule is CC[C@@H](Oc1ccc(C)cc1)C(=O)Nc1ccc(S(=O)(=O)Nc2cccc(Cl)c2Cl)cc1. The van der Waals surface area contributed by atoms with E-state index in [0.29, 0.717) is 17.9 Å². The number of nitrogens with one attached hydrogen (secondary N) is 2. The van der Waals surface area contributed by atoms with Gasteiger partial charge in [0.25, 0.3) is 15.9 Å². The molecule has 0 unspecified atom stereocenters. The van der Waals surface area contributed by atoms with Gasteiger partial charge >= 0.3 is 0 Å². The fraction of sp³-hybridized carbons (Fsp3) is 0.174. The maximum absolute atomic E-state index is 12.7. The van der Waals surface area contributed by atoms with Crippen LogP contribution in [0.15, 0.2) is 71.6 Å². The topological polar surface area (TPSA) is 84.5 Å². The number of carbonyl (C=O) groups is 1. The summed E-state index contributed by atoms with van der Waals surface area (Å²) < 4.78 is 33.5. The lowest BCUT2D eigenvalue weighted by Crippen LogP contribution is -2.32. The first kappa shape index (κ1) is 23.9. The van der Waals surface area contributed by atoms with Crippen molar-refractivity contribution >= 4 is 50.5 Å². The van der Waals surface area contributed by atoms with Crippen molar-refractivity contribution in [3.05, 3.63) is 82.3 Å². The Morgan fingerprint density at radius 3 is 2.28 bits per heavy atom. The third-order valence-corrected chi connectivity index (χ3v) is 6.79. The van der Waals surface area contributed by atoms with Crippen LogP contribution in [-0.2, 0) is 14.8 Å². The van der Waals surface area contributed by atoms with Crippen LogP contribution in [0.25, 0.3) is 0 Å². The molecule has 0 spiro atoms. The number of benzene rings is 3. The van der Waals surface area contributed by atoms with Crippen LogP contribution in [0.4, 0.5) is 11.4 Å². The largest absolute Gasteiger partial charge is 0.481 e. The Morgan fingerprint density at radius 1 is 1.00 bits per heavy atom. The summed E-state index contributed by atoms with van der Waals surface area (Å²) in [5.74, 6) is 0.275. The molecule has 1 atom stereocenters. The van der Waals surface area contributed by atoms with Gasteiger partial charge in [0, 0.05) is 5.69 Å². The lowest BCUT2D eigenvalue weighted by atomic mass is 10.2. The molecule has 0 aliphatic heterocycles. The summed E-state index contributed by atoms with van der Waals surface area (Å²) in [7, 11) is -3.89. The van der Waals surface area contributed by atoms with Crippen LogP contribution in [-0.4, -0.2) is 20.4 Å². The molecule has 0 radical (unpaired) electrons. The highest BCUT2D eigenvalue weighted by molar-refractivity contribution is 7.92. The van der Waals surface area contributed by atoms with Gasteiger partial charge in [-0.05, 0) is 61.9 Å². The number of hydrogen-bond acceptors (Lipinski definition) is 4. The highest BCUT2D eigenvalue weighted by Gasteiger charge is 2.20. The van der Waals surface area contributed by atoms with E-state index in [1.54, 1.807) is 12.1 Å². The lowest BCUT2D eigenvalue weighted by molar-refractivity contribution is -0.122. The number of ether oxygens (including phenoxy) is 1. The lowest BCUT2D eigenvalue weighted by Gasteiger charge is -2.17. The highest BCUT2D eigenvalue weighted by Crippen LogP contribution is 2.31. The number of amides is 1. The summed E-state index contributed by atoms with van der Waals surface area (Å²) in [4.78, 5) is 12.6. The van der Waals surface area contributed by atoms with Crippen LogP contribution < -0.4 is 14.8 Å². The van der Waals surface area contributed by atoms with E-state index in [2.05, 4.69) is 10.0 Å². The van der Waals surface area contributed by atoms with Gasteiger partial charge in [-0.1, -0.05) is 53.9 Å². The van der Waals surface area contributed by atoms with Crippen molar-refractivity contribution in [2.45, 2.75) is 31.3 Å². The summed E-state index contributed by atoms with van der Waals surface area (Å²) in [6.07, 6.45) is -0.219. The minimum absolute atomic E-state index is 0.00879. The maximum Gasteiger partial charge on any atom is 0.265 e. The average molecular weight is 493 g/mol. The van der Waals surface area contributed by atoms with E-state index in [-0.39, 0.29) is 26.5 Å². The van der Waals surface area contributed by atoms with Gasteiger partial charge in [0.15, 0.2) is 6.10 Å². The third-order valence-electron chi connectivity index (χ3n) is 4.59. The molecule has 0 saturated carbocycles. The van der Waals surface area contributed by atoms with Crippen LogP contribution in [0, 0.1) is 6.92 Å². The van der Waals surface area contributed by atoms with Gasteiger partial charge < -0.3 is 10.1 Å². The Balaban J connectivity index is 1.68. The van der Waals surface area contributed by atoms with Gasteiger partial charge in [-0.15, -0.1) is 0 Å². The fourth-order valence-corrected chi connectivity index (χ4v) is 4.31. The molecule has 3 rings (SSSR count). The monoisotopic (exact) mass is 492 g/mol. The molecule has 3 aromatic carbocycles. The van der Waals surface area contributed by atoms with Crippen LogP contribution in [0.5, 0.6) is 5.75 Å².